The number of rotatable bonds is 4. The van der Waals surface area contributed by atoms with Crippen molar-refractivity contribution < 1.29 is 5.11 Å². The molecular formula is C12H18OS. The van der Waals surface area contributed by atoms with Crippen LogP contribution in [0.15, 0.2) is 23.1 Å². The maximum absolute atomic E-state index is 8.78. The van der Waals surface area contributed by atoms with Crippen molar-refractivity contribution in [2.24, 2.45) is 0 Å². The molecule has 0 aliphatic rings. The van der Waals surface area contributed by atoms with E-state index in [4.69, 9.17) is 5.11 Å². The highest BCUT2D eigenvalue weighted by atomic mass is 32.2. The van der Waals surface area contributed by atoms with Crippen LogP contribution in [0.5, 0.6) is 0 Å². The van der Waals surface area contributed by atoms with Crippen molar-refractivity contribution in [3.05, 3.63) is 29.3 Å². The Morgan fingerprint density at radius 1 is 1.36 bits per heavy atom. The van der Waals surface area contributed by atoms with Crippen molar-refractivity contribution in [2.75, 3.05) is 12.4 Å². The standard InChI is InChI=1S/C12H18OS/c1-9(2)11-5-4-10(3)12(8-11)14-7-6-13/h4-5,8-9,13H,6-7H2,1-3H3. The molecule has 0 spiro atoms. The van der Waals surface area contributed by atoms with Gasteiger partial charge >= 0.3 is 0 Å². The molecule has 0 bridgehead atoms. The number of hydrogen-bond donors (Lipinski definition) is 1. The zero-order chi connectivity index (χ0) is 10.6. The zero-order valence-electron chi connectivity index (χ0n) is 9.08. The van der Waals surface area contributed by atoms with Crippen molar-refractivity contribution in [2.45, 2.75) is 31.6 Å². The van der Waals surface area contributed by atoms with E-state index in [0.29, 0.717) is 5.92 Å². The number of aliphatic hydroxyl groups is 1. The summed E-state index contributed by atoms with van der Waals surface area (Å²) in [6.45, 7) is 6.76. The molecule has 14 heavy (non-hydrogen) atoms. The number of benzene rings is 1. The third kappa shape index (κ3) is 3.03. The van der Waals surface area contributed by atoms with Crippen molar-refractivity contribution in [3.8, 4) is 0 Å². The summed E-state index contributed by atoms with van der Waals surface area (Å²) in [6, 6.07) is 6.58. The SMILES string of the molecule is Cc1ccc(C(C)C)cc1SCCO. The summed E-state index contributed by atoms with van der Waals surface area (Å²) >= 11 is 1.73. The maximum Gasteiger partial charge on any atom is 0.0525 e. The fourth-order valence-corrected chi connectivity index (χ4v) is 2.11. The second-order valence-electron chi connectivity index (χ2n) is 3.75. The fourth-order valence-electron chi connectivity index (χ4n) is 1.29. The van der Waals surface area contributed by atoms with Gasteiger partial charge in [0.1, 0.15) is 0 Å². The lowest BCUT2D eigenvalue weighted by Gasteiger charge is -2.10. The van der Waals surface area contributed by atoms with E-state index in [9.17, 15) is 0 Å². The van der Waals surface area contributed by atoms with Crippen molar-refractivity contribution >= 4 is 11.8 Å². The minimum atomic E-state index is 0.246. The van der Waals surface area contributed by atoms with E-state index in [-0.39, 0.29) is 6.61 Å². The van der Waals surface area contributed by atoms with Crippen LogP contribution in [-0.2, 0) is 0 Å². The van der Waals surface area contributed by atoms with Crippen molar-refractivity contribution in [3.63, 3.8) is 0 Å². The molecular weight excluding hydrogens is 192 g/mol. The quantitative estimate of drug-likeness (QED) is 0.770. The minimum Gasteiger partial charge on any atom is -0.396 e. The first kappa shape index (κ1) is 11.6. The summed E-state index contributed by atoms with van der Waals surface area (Å²) in [5.74, 6) is 1.35. The van der Waals surface area contributed by atoms with E-state index in [1.165, 1.54) is 16.0 Å². The van der Waals surface area contributed by atoms with Crippen LogP contribution < -0.4 is 0 Å². The molecule has 0 fully saturated rings. The van der Waals surface area contributed by atoms with E-state index >= 15 is 0 Å². The van der Waals surface area contributed by atoms with Gasteiger partial charge < -0.3 is 5.11 Å². The molecule has 0 aromatic heterocycles. The molecule has 0 aliphatic carbocycles. The largest absolute Gasteiger partial charge is 0.396 e. The van der Waals surface area contributed by atoms with Crippen LogP contribution in [0.2, 0.25) is 0 Å². The first-order chi connectivity index (χ1) is 6.65. The van der Waals surface area contributed by atoms with Crippen LogP contribution in [0.4, 0.5) is 0 Å². The molecule has 0 saturated heterocycles. The van der Waals surface area contributed by atoms with Gasteiger partial charge in [-0.05, 0) is 30.0 Å². The zero-order valence-corrected chi connectivity index (χ0v) is 9.90. The van der Waals surface area contributed by atoms with Gasteiger partial charge in [0.15, 0.2) is 0 Å². The van der Waals surface area contributed by atoms with Gasteiger partial charge in [0.2, 0.25) is 0 Å². The Hall–Kier alpha value is -0.470. The lowest BCUT2D eigenvalue weighted by Crippen LogP contribution is -1.92. The summed E-state index contributed by atoms with van der Waals surface area (Å²) < 4.78 is 0. The van der Waals surface area contributed by atoms with E-state index in [2.05, 4.69) is 39.0 Å². The average molecular weight is 210 g/mol. The highest BCUT2D eigenvalue weighted by Crippen LogP contribution is 2.26. The molecule has 2 heteroatoms. The first-order valence-corrected chi connectivity index (χ1v) is 5.98. The number of thioether (sulfide) groups is 1. The second-order valence-corrected chi connectivity index (χ2v) is 4.89. The average Bonchev–Trinajstić information content (AvgIpc) is 2.16. The predicted octanol–water partition coefficient (Wildman–Crippen LogP) is 3.20. The van der Waals surface area contributed by atoms with Gasteiger partial charge in [0, 0.05) is 10.6 Å². The second kappa shape index (κ2) is 5.42. The summed E-state index contributed by atoms with van der Waals surface area (Å²) in [5, 5.41) is 8.78. The molecule has 1 N–H and O–H groups in total. The Labute approximate surface area is 90.5 Å². The number of hydrogen-bond acceptors (Lipinski definition) is 2. The normalized spacial score (nSPS) is 10.9. The van der Waals surface area contributed by atoms with Crippen LogP contribution in [0.25, 0.3) is 0 Å². The lowest BCUT2D eigenvalue weighted by atomic mass is 10.0. The van der Waals surface area contributed by atoms with Crippen LogP contribution in [0.1, 0.15) is 30.9 Å². The Morgan fingerprint density at radius 3 is 2.64 bits per heavy atom. The topological polar surface area (TPSA) is 20.2 Å². The third-order valence-corrected chi connectivity index (χ3v) is 3.37. The van der Waals surface area contributed by atoms with Crippen molar-refractivity contribution in [1.29, 1.82) is 0 Å². The number of aliphatic hydroxyl groups excluding tert-OH is 1. The Morgan fingerprint density at radius 2 is 2.07 bits per heavy atom. The molecule has 0 atom stereocenters. The Kier molecular flexibility index (Phi) is 4.49. The predicted molar refractivity (Wildman–Crippen MR) is 63.1 cm³/mol. The molecule has 0 radical (unpaired) electrons. The van der Waals surface area contributed by atoms with Gasteiger partial charge in [-0.1, -0.05) is 26.0 Å². The molecule has 1 aromatic rings. The minimum absolute atomic E-state index is 0.246. The van der Waals surface area contributed by atoms with Gasteiger partial charge in [-0.3, -0.25) is 0 Å². The highest BCUT2D eigenvalue weighted by molar-refractivity contribution is 7.99. The molecule has 0 amide bonds. The summed E-state index contributed by atoms with van der Waals surface area (Å²) in [7, 11) is 0. The van der Waals surface area contributed by atoms with E-state index < -0.39 is 0 Å². The molecule has 0 heterocycles. The smallest absolute Gasteiger partial charge is 0.0525 e. The molecule has 0 unspecified atom stereocenters. The monoisotopic (exact) mass is 210 g/mol. The van der Waals surface area contributed by atoms with Gasteiger partial charge in [0.25, 0.3) is 0 Å². The van der Waals surface area contributed by atoms with E-state index in [1.54, 1.807) is 11.8 Å². The fraction of sp³-hybridized carbons (Fsp3) is 0.500. The lowest BCUT2D eigenvalue weighted by molar-refractivity contribution is 0.322. The van der Waals surface area contributed by atoms with E-state index in [0.717, 1.165) is 5.75 Å². The van der Waals surface area contributed by atoms with Gasteiger partial charge in [0.05, 0.1) is 6.61 Å². The summed E-state index contributed by atoms with van der Waals surface area (Å²) in [6.07, 6.45) is 0. The van der Waals surface area contributed by atoms with Crippen LogP contribution in [0, 0.1) is 6.92 Å². The molecule has 0 aliphatic heterocycles. The highest BCUT2D eigenvalue weighted by Gasteiger charge is 2.03. The molecule has 1 aromatic carbocycles. The summed E-state index contributed by atoms with van der Waals surface area (Å²) in [5.41, 5.74) is 2.67. The summed E-state index contributed by atoms with van der Waals surface area (Å²) in [4.78, 5) is 1.30. The Balaban J connectivity index is 2.85. The van der Waals surface area contributed by atoms with Crippen LogP contribution in [0.3, 0.4) is 0 Å². The van der Waals surface area contributed by atoms with Gasteiger partial charge in [-0.25, -0.2) is 0 Å². The van der Waals surface area contributed by atoms with E-state index in [1.807, 2.05) is 0 Å². The Bertz CT molecular complexity index is 294. The number of aryl methyl sites for hydroxylation is 1. The molecule has 1 nitrogen and oxygen atoms in total. The molecule has 1 rings (SSSR count). The molecule has 78 valence electrons. The van der Waals surface area contributed by atoms with Crippen LogP contribution >= 0.6 is 11.8 Å². The maximum atomic E-state index is 8.78. The van der Waals surface area contributed by atoms with Crippen LogP contribution in [-0.4, -0.2) is 17.5 Å². The molecule has 0 saturated carbocycles. The van der Waals surface area contributed by atoms with Gasteiger partial charge in [-0.2, -0.15) is 0 Å². The first-order valence-electron chi connectivity index (χ1n) is 4.99. The third-order valence-electron chi connectivity index (χ3n) is 2.23. The van der Waals surface area contributed by atoms with Gasteiger partial charge in [-0.15, -0.1) is 11.8 Å². The van der Waals surface area contributed by atoms with Crippen molar-refractivity contribution in [1.82, 2.24) is 0 Å².